The summed E-state index contributed by atoms with van der Waals surface area (Å²) >= 11 is 6.49. The molecule has 0 fully saturated rings. The minimum Gasteiger partial charge on any atom is -0.192 e. The van der Waals surface area contributed by atoms with E-state index in [0.717, 1.165) is 11.1 Å². The lowest BCUT2D eigenvalue weighted by molar-refractivity contribution is 1.42. The number of rotatable bonds is 1. The van der Waals surface area contributed by atoms with E-state index in [1.165, 1.54) is 0 Å². The van der Waals surface area contributed by atoms with Gasteiger partial charge in [0, 0.05) is 0 Å². The average molecular weight is 301 g/mol. The number of halogens is 2. The molecule has 1 aromatic carbocycles. The normalized spacial score (nSPS) is 9.08. The third-order valence-corrected chi connectivity index (χ3v) is 2.51. The summed E-state index contributed by atoms with van der Waals surface area (Å²) < 4.78 is 0.691. The molecule has 0 N–H and O–H groups in total. The first-order valence-electron chi connectivity index (χ1n) is 3.68. The molecule has 0 saturated heterocycles. The Morgan fingerprint density at radius 2 is 1.92 bits per heavy atom. The predicted octanol–water partition coefficient (Wildman–Crippen LogP) is 3.98. The van der Waals surface area contributed by atoms with Crippen molar-refractivity contribution in [3.05, 3.63) is 38.8 Å². The van der Waals surface area contributed by atoms with Gasteiger partial charge < -0.3 is 0 Å². The van der Waals surface area contributed by atoms with Crippen LogP contribution in [0.2, 0.25) is 0 Å². The smallest absolute Gasteiger partial charge is 0.102 e. The molecule has 0 amide bonds. The molecule has 0 radical (unpaired) electrons. The largest absolute Gasteiger partial charge is 0.192 e. The molecule has 1 rings (SSSR count). The standard InChI is InChI=1S/C10H7Br2N/c1-7-4-2-3-5-8(7)9(6-13)10(11)12/h2-5H,1H3. The van der Waals surface area contributed by atoms with E-state index < -0.39 is 0 Å². The van der Waals surface area contributed by atoms with Gasteiger partial charge in [-0.2, -0.15) is 5.26 Å². The lowest BCUT2D eigenvalue weighted by Gasteiger charge is -2.02. The number of allylic oxidation sites excluding steroid dienone is 1. The SMILES string of the molecule is Cc1ccccc1C(C#N)=C(Br)Br. The van der Waals surface area contributed by atoms with Gasteiger partial charge in [0.25, 0.3) is 0 Å². The fourth-order valence-corrected chi connectivity index (χ4v) is 1.66. The van der Waals surface area contributed by atoms with E-state index in [2.05, 4.69) is 37.9 Å². The van der Waals surface area contributed by atoms with Gasteiger partial charge in [-0.3, -0.25) is 0 Å². The van der Waals surface area contributed by atoms with Crippen molar-refractivity contribution < 1.29 is 0 Å². The molecular formula is C10H7Br2N. The highest BCUT2D eigenvalue weighted by molar-refractivity contribution is 9.28. The summed E-state index contributed by atoms with van der Waals surface area (Å²) in [5.41, 5.74) is 2.67. The quantitative estimate of drug-likeness (QED) is 0.720. The van der Waals surface area contributed by atoms with Crippen LogP contribution < -0.4 is 0 Å². The van der Waals surface area contributed by atoms with Crippen molar-refractivity contribution in [2.45, 2.75) is 6.92 Å². The molecule has 0 unspecified atom stereocenters. The van der Waals surface area contributed by atoms with E-state index in [-0.39, 0.29) is 0 Å². The van der Waals surface area contributed by atoms with Crippen molar-refractivity contribution in [1.82, 2.24) is 0 Å². The Morgan fingerprint density at radius 3 is 2.38 bits per heavy atom. The first kappa shape index (κ1) is 10.5. The Morgan fingerprint density at radius 1 is 1.31 bits per heavy atom. The van der Waals surface area contributed by atoms with E-state index in [4.69, 9.17) is 5.26 Å². The number of nitrogens with zero attached hydrogens (tertiary/aromatic N) is 1. The van der Waals surface area contributed by atoms with Crippen molar-refractivity contribution in [2.24, 2.45) is 0 Å². The van der Waals surface area contributed by atoms with Crippen molar-refractivity contribution in [3.63, 3.8) is 0 Å². The molecule has 0 bridgehead atoms. The molecule has 0 heterocycles. The van der Waals surface area contributed by atoms with Gasteiger partial charge in [-0.05, 0) is 49.9 Å². The van der Waals surface area contributed by atoms with Crippen molar-refractivity contribution in [3.8, 4) is 6.07 Å². The molecule has 0 aliphatic heterocycles. The number of hydrogen-bond acceptors (Lipinski definition) is 1. The highest BCUT2D eigenvalue weighted by Gasteiger charge is 2.06. The zero-order chi connectivity index (χ0) is 9.84. The van der Waals surface area contributed by atoms with E-state index in [0.29, 0.717) is 8.96 Å². The minimum absolute atomic E-state index is 0.623. The van der Waals surface area contributed by atoms with Gasteiger partial charge in [-0.15, -0.1) is 0 Å². The number of nitriles is 1. The maximum absolute atomic E-state index is 8.91. The van der Waals surface area contributed by atoms with Crippen LogP contribution >= 0.6 is 31.9 Å². The Hall–Kier alpha value is -0.590. The first-order chi connectivity index (χ1) is 6.16. The second-order valence-electron chi connectivity index (χ2n) is 2.56. The third kappa shape index (κ3) is 2.43. The Labute approximate surface area is 94.3 Å². The van der Waals surface area contributed by atoms with Gasteiger partial charge in [0.05, 0.1) is 8.96 Å². The minimum atomic E-state index is 0.623. The molecule has 0 aliphatic carbocycles. The van der Waals surface area contributed by atoms with Gasteiger partial charge in [-0.1, -0.05) is 24.3 Å². The van der Waals surface area contributed by atoms with Crippen LogP contribution in [-0.4, -0.2) is 0 Å². The summed E-state index contributed by atoms with van der Waals surface area (Å²) in [7, 11) is 0. The first-order valence-corrected chi connectivity index (χ1v) is 5.26. The summed E-state index contributed by atoms with van der Waals surface area (Å²) in [5.74, 6) is 0. The molecule has 0 atom stereocenters. The van der Waals surface area contributed by atoms with Crippen LogP contribution in [0.5, 0.6) is 0 Å². The number of hydrogen-bond donors (Lipinski definition) is 0. The highest BCUT2D eigenvalue weighted by atomic mass is 79.9. The van der Waals surface area contributed by atoms with Crippen molar-refractivity contribution >= 4 is 37.4 Å². The fraction of sp³-hybridized carbons (Fsp3) is 0.100. The lowest BCUT2D eigenvalue weighted by Crippen LogP contribution is -1.86. The maximum Gasteiger partial charge on any atom is 0.102 e. The summed E-state index contributed by atoms with van der Waals surface area (Å²) in [5, 5.41) is 8.91. The second-order valence-corrected chi connectivity index (χ2v) is 5.21. The Kier molecular flexibility index (Phi) is 3.71. The lowest BCUT2D eigenvalue weighted by atomic mass is 10.0. The van der Waals surface area contributed by atoms with Gasteiger partial charge in [0.15, 0.2) is 0 Å². The van der Waals surface area contributed by atoms with Gasteiger partial charge in [0.2, 0.25) is 0 Å². The van der Waals surface area contributed by atoms with E-state index in [1.807, 2.05) is 31.2 Å². The fourth-order valence-electron chi connectivity index (χ4n) is 1.06. The topological polar surface area (TPSA) is 23.8 Å². The molecule has 0 spiro atoms. The Balaban J connectivity index is 3.32. The van der Waals surface area contributed by atoms with E-state index in [9.17, 15) is 0 Å². The average Bonchev–Trinajstić information content (AvgIpc) is 2.09. The van der Waals surface area contributed by atoms with E-state index in [1.54, 1.807) is 0 Å². The van der Waals surface area contributed by atoms with Crippen LogP contribution in [0.25, 0.3) is 5.57 Å². The molecule has 1 nitrogen and oxygen atoms in total. The molecule has 0 saturated carbocycles. The second kappa shape index (κ2) is 4.59. The molecule has 13 heavy (non-hydrogen) atoms. The summed E-state index contributed by atoms with van der Waals surface area (Å²) in [6, 6.07) is 9.93. The zero-order valence-corrected chi connectivity index (χ0v) is 10.2. The van der Waals surface area contributed by atoms with Gasteiger partial charge >= 0.3 is 0 Å². The molecule has 1 aromatic rings. The maximum atomic E-state index is 8.91. The van der Waals surface area contributed by atoms with Crippen LogP contribution in [-0.2, 0) is 0 Å². The van der Waals surface area contributed by atoms with Gasteiger partial charge in [0.1, 0.15) is 6.07 Å². The number of benzene rings is 1. The summed E-state index contributed by atoms with van der Waals surface area (Å²) in [6.07, 6.45) is 0. The summed E-state index contributed by atoms with van der Waals surface area (Å²) in [4.78, 5) is 0. The highest BCUT2D eigenvalue weighted by Crippen LogP contribution is 2.28. The monoisotopic (exact) mass is 299 g/mol. The van der Waals surface area contributed by atoms with E-state index >= 15 is 0 Å². The van der Waals surface area contributed by atoms with Gasteiger partial charge in [-0.25, -0.2) is 0 Å². The Bertz CT molecular complexity index is 384. The van der Waals surface area contributed by atoms with Crippen LogP contribution in [0.4, 0.5) is 0 Å². The zero-order valence-electron chi connectivity index (χ0n) is 7.01. The predicted molar refractivity (Wildman–Crippen MR) is 61.6 cm³/mol. The summed E-state index contributed by atoms with van der Waals surface area (Å²) in [6.45, 7) is 1.98. The van der Waals surface area contributed by atoms with Crippen molar-refractivity contribution in [2.75, 3.05) is 0 Å². The molecule has 66 valence electrons. The molecule has 0 aliphatic rings. The molecular weight excluding hydrogens is 294 g/mol. The van der Waals surface area contributed by atoms with Crippen LogP contribution in [0, 0.1) is 18.3 Å². The van der Waals surface area contributed by atoms with Crippen LogP contribution in [0.1, 0.15) is 11.1 Å². The van der Waals surface area contributed by atoms with Crippen LogP contribution in [0.3, 0.4) is 0 Å². The third-order valence-electron chi connectivity index (χ3n) is 1.72. The molecule has 0 aromatic heterocycles. The van der Waals surface area contributed by atoms with Crippen LogP contribution in [0.15, 0.2) is 27.7 Å². The van der Waals surface area contributed by atoms with Crippen molar-refractivity contribution in [1.29, 1.82) is 5.26 Å². The molecule has 3 heteroatoms. The number of aryl methyl sites for hydroxylation is 1.